The molecule has 1 unspecified atom stereocenters. The Kier molecular flexibility index (Phi) is 4.20. The van der Waals surface area contributed by atoms with Crippen LogP contribution in [0.15, 0.2) is 30.3 Å². The van der Waals surface area contributed by atoms with Crippen molar-refractivity contribution in [3.8, 4) is 0 Å². The zero-order chi connectivity index (χ0) is 14.7. The molecule has 3 rings (SSSR count). The van der Waals surface area contributed by atoms with Crippen LogP contribution in [0, 0.1) is 5.92 Å². The smallest absolute Gasteiger partial charge is 0.250 e. The Labute approximate surface area is 124 Å². The summed E-state index contributed by atoms with van der Waals surface area (Å²) in [5.41, 5.74) is 0.840. The number of carbonyl (C=O) groups is 2. The van der Waals surface area contributed by atoms with Gasteiger partial charge in [0.05, 0.1) is 6.54 Å². The number of rotatable bonds is 3. The molecular weight excluding hydrogens is 268 g/mol. The molecule has 1 N–H and O–H groups in total. The molecule has 1 aromatic carbocycles. The van der Waals surface area contributed by atoms with Crippen LogP contribution < -0.4 is 5.32 Å². The number of benzene rings is 1. The molecule has 5 nitrogen and oxygen atoms in total. The van der Waals surface area contributed by atoms with E-state index in [0.717, 1.165) is 31.6 Å². The predicted molar refractivity (Wildman–Crippen MR) is 77.4 cm³/mol. The van der Waals surface area contributed by atoms with Crippen molar-refractivity contribution in [2.75, 3.05) is 26.3 Å². The first kappa shape index (κ1) is 14.1. The Morgan fingerprint density at radius 1 is 1.14 bits per heavy atom. The molecule has 5 heteroatoms. The second-order valence-electron chi connectivity index (χ2n) is 5.69. The van der Waals surface area contributed by atoms with E-state index < -0.39 is 6.04 Å². The topological polar surface area (TPSA) is 58.6 Å². The summed E-state index contributed by atoms with van der Waals surface area (Å²) in [7, 11) is 0. The molecule has 0 aliphatic carbocycles. The highest BCUT2D eigenvalue weighted by atomic mass is 16.5. The van der Waals surface area contributed by atoms with Crippen LogP contribution in [-0.2, 0) is 14.3 Å². The largest absolute Gasteiger partial charge is 0.381 e. The van der Waals surface area contributed by atoms with E-state index in [4.69, 9.17) is 4.74 Å². The highest BCUT2D eigenvalue weighted by Gasteiger charge is 2.34. The first-order valence-electron chi connectivity index (χ1n) is 7.45. The lowest BCUT2D eigenvalue weighted by Crippen LogP contribution is -2.54. The van der Waals surface area contributed by atoms with Gasteiger partial charge in [-0.3, -0.25) is 9.59 Å². The molecule has 21 heavy (non-hydrogen) atoms. The SMILES string of the molecule is O=C1CN(CC2CCOCC2)C(=O)C(c2ccccc2)N1. The Hall–Kier alpha value is -1.88. The third-order valence-electron chi connectivity index (χ3n) is 4.15. The van der Waals surface area contributed by atoms with Crippen LogP contribution in [0.3, 0.4) is 0 Å². The monoisotopic (exact) mass is 288 g/mol. The fourth-order valence-electron chi connectivity index (χ4n) is 2.97. The number of ether oxygens (including phenoxy) is 1. The maximum atomic E-state index is 12.6. The maximum absolute atomic E-state index is 12.6. The van der Waals surface area contributed by atoms with Crippen LogP contribution in [0.5, 0.6) is 0 Å². The van der Waals surface area contributed by atoms with Crippen LogP contribution in [0.1, 0.15) is 24.4 Å². The summed E-state index contributed by atoms with van der Waals surface area (Å²) in [4.78, 5) is 26.2. The van der Waals surface area contributed by atoms with E-state index in [-0.39, 0.29) is 18.4 Å². The zero-order valence-corrected chi connectivity index (χ0v) is 12.0. The van der Waals surface area contributed by atoms with Crippen LogP contribution in [0.25, 0.3) is 0 Å². The second kappa shape index (κ2) is 6.26. The standard InChI is InChI=1S/C16H20N2O3/c19-14-11-18(10-12-6-8-21-9-7-12)16(20)15(17-14)13-4-2-1-3-5-13/h1-5,12,15H,6-11H2,(H,17,19). The van der Waals surface area contributed by atoms with E-state index in [1.807, 2.05) is 30.3 Å². The van der Waals surface area contributed by atoms with Crippen LogP contribution in [0.2, 0.25) is 0 Å². The third-order valence-corrected chi connectivity index (χ3v) is 4.15. The van der Waals surface area contributed by atoms with E-state index in [1.54, 1.807) is 4.90 Å². The molecule has 2 aliphatic rings. The fourth-order valence-corrected chi connectivity index (χ4v) is 2.97. The number of carbonyl (C=O) groups excluding carboxylic acids is 2. The molecule has 0 radical (unpaired) electrons. The molecule has 0 aromatic heterocycles. The van der Waals surface area contributed by atoms with Gasteiger partial charge in [-0.15, -0.1) is 0 Å². The zero-order valence-electron chi connectivity index (χ0n) is 12.0. The molecule has 2 saturated heterocycles. The summed E-state index contributed by atoms with van der Waals surface area (Å²) in [6, 6.07) is 8.87. The highest BCUT2D eigenvalue weighted by molar-refractivity contribution is 5.95. The summed E-state index contributed by atoms with van der Waals surface area (Å²) in [5.74, 6) is 0.341. The summed E-state index contributed by atoms with van der Waals surface area (Å²) in [6.45, 7) is 2.32. The Morgan fingerprint density at radius 3 is 2.57 bits per heavy atom. The molecule has 2 fully saturated rings. The molecule has 2 heterocycles. The highest BCUT2D eigenvalue weighted by Crippen LogP contribution is 2.22. The van der Waals surface area contributed by atoms with Gasteiger partial charge in [-0.05, 0) is 24.3 Å². The maximum Gasteiger partial charge on any atom is 0.250 e. The first-order valence-corrected chi connectivity index (χ1v) is 7.45. The lowest BCUT2D eigenvalue weighted by molar-refractivity contribution is -0.145. The lowest BCUT2D eigenvalue weighted by Gasteiger charge is -2.35. The summed E-state index contributed by atoms with van der Waals surface area (Å²) < 4.78 is 5.34. The van der Waals surface area contributed by atoms with Crippen LogP contribution in [0.4, 0.5) is 0 Å². The van der Waals surface area contributed by atoms with Gasteiger partial charge < -0.3 is 15.0 Å². The Bertz CT molecular complexity index is 512. The molecule has 0 saturated carbocycles. The normalized spacial score (nSPS) is 24.0. The predicted octanol–water partition coefficient (Wildman–Crippen LogP) is 1.11. The summed E-state index contributed by atoms with van der Waals surface area (Å²) >= 11 is 0. The van der Waals surface area contributed by atoms with Crippen LogP contribution in [-0.4, -0.2) is 43.0 Å². The van der Waals surface area contributed by atoms with Crippen molar-refractivity contribution in [1.82, 2.24) is 10.2 Å². The molecule has 0 spiro atoms. The molecule has 1 atom stereocenters. The fraction of sp³-hybridized carbons (Fsp3) is 0.500. The number of nitrogens with one attached hydrogen (secondary N) is 1. The minimum Gasteiger partial charge on any atom is -0.381 e. The van der Waals surface area contributed by atoms with Gasteiger partial charge in [0.2, 0.25) is 11.8 Å². The van der Waals surface area contributed by atoms with Gasteiger partial charge in [-0.25, -0.2) is 0 Å². The minimum absolute atomic E-state index is 0.00714. The quantitative estimate of drug-likeness (QED) is 0.906. The molecule has 2 amide bonds. The van der Waals surface area contributed by atoms with Gasteiger partial charge in [-0.1, -0.05) is 30.3 Å². The summed E-state index contributed by atoms with van der Waals surface area (Å²) in [6.07, 6.45) is 1.92. The molecule has 0 bridgehead atoms. The third kappa shape index (κ3) is 3.24. The second-order valence-corrected chi connectivity index (χ2v) is 5.69. The number of nitrogens with zero attached hydrogens (tertiary/aromatic N) is 1. The van der Waals surface area contributed by atoms with Crippen molar-refractivity contribution in [3.63, 3.8) is 0 Å². The van der Waals surface area contributed by atoms with Gasteiger partial charge >= 0.3 is 0 Å². The van der Waals surface area contributed by atoms with Gasteiger partial charge in [0.15, 0.2) is 0 Å². The van der Waals surface area contributed by atoms with E-state index in [9.17, 15) is 9.59 Å². The average Bonchev–Trinajstić information content (AvgIpc) is 2.52. The van der Waals surface area contributed by atoms with Gasteiger partial charge in [-0.2, -0.15) is 0 Å². The van der Waals surface area contributed by atoms with Gasteiger partial charge in [0, 0.05) is 19.8 Å². The van der Waals surface area contributed by atoms with Crippen molar-refractivity contribution < 1.29 is 14.3 Å². The van der Waals surface area contributed by atoms with E-state index >= 15 is 0 Å². The lowest BCUT2D eigenvalue weighted by atomic mass is 9.97. The first-order chi connectivity index (χ1) is 10.2. The van der Waals surface area contributed by atoms with Crippen molar-refractivity contribution in [2.24, 2.45) is 5.92 Å². The van der Waals surface area contributed by atoms with E-state index in [0.29, 0.717) is 12.5 Å². The number of piperazine rings is 1. The van der Waals surface area contributed by atoms with Crippen molar-refractivity contribution in [3.05, 3.63) is 35.9 Å². The molecule has 2 aliphatic heterocycles. The number of hydrogen-bond acceptors (Lipinski definition) is 3. The number of hydrogen-bond donors (Lipinski definition) is 1. The van der Waals surface area contributed by atoms with E-state index in [1.165, 1.54) is 0 Å². The molecule has 112 valence electrons. The van der Waals surface area contributed by atoms with Crippen molar-refractivity contribution in [2.45, 2.75) is 18.9 Å². The average molecular weight is 288 g/mol. The molecule has 1 aromatic rings. The van der Waals surface area contributed by atoms with Crippen molar-refractivity contribution in [1.29, 1.82) is 0 Å². The van der Waals surface area contributed by atoms with E-state index in [2.05, 4.69) is 5.32 Å². The molecular formula is C16H20N2O3. The van der Waals surface area contributed by atoms with Crippen LogP contribution >= 0.6 is 0 Å². The number of amides is 2. The van der Waals surface area contributed by atoms with Gasteiger partial charge in [0.1, 0.15) is 6.04 Å². The van der Waals surface area contributed by atoms with Crippen molar-refractivity contribution >= 4 is 11.8 Å². The van der Waals surface area contributed by atoms with Gasteiger partial charge in [0.25, 0.3) is 0 Å². The summed E-state index contributed by atoms with van der Waals surface area (Å²) in [5, 5.41) is 2.79. The minimum atomic E-state index is -0.549. The Balaban J connectivity index is 1.72. The Morgan fingerprint density at radius 2 is 1.86 bits per heavy atom.